The van der Waals surface area contributed by atoms with Gasteiger partial charge in [-0.3, -0.25) is 5.43 Å². The van der Waals surface area contributed by atoms with Crippen LogP contribution in [0.4, 0.5) is 5.13 Å². The van der Waals surface area contributed by atoms with E-state index < -0.39 is 0 Å². The standard InChI is InChI=1S/C17H21N3S2/c1-16(2)11-6-7-17(16,3)14(9-11)19-20-15-18-12(10-22-15)13-5-4-8-21-13/h4-5,8,10-11H,6-7,9H2,1-3H3,(H,18,20)/b19-14-/t11-,17+/m1/s1. The molecule has 2 aromatic rings. The average Bonchev–Trinajstić information content (AvgIpc) is 3.22. The summed E-state index contributed by atoms with van der Waals surface area (Å²) < 4.78 is 0. The van der Waals surface area contributed by atoms with Crippen molar-refractivity contribution >= 4 is 33.5 Å². The lowest BCUT2D eigenvalue weighted by molar-refractivity contribution is 0.194. The third-order valence-corrected chi connectivity index (χ3v) is 7.72. The van der Waals surface area contributed by atoms with E-state index in [2.05, 4.69) is 54.1 Å². The van der Waals surface area contributed by atoms with Crippen LogP contribution in [-0.2, 0) is 0 Å². The van der Waals surface area contributed by atoms with Gasteiger partial charge in [0, 0.05) is 16.5 Å². The van der Waals surface area contributed by atoms with Crippen LogP contribution in [0.15, 0.2) is 28.0 Å². The summed E-state index contributed by atoms with van der Waals surface area (Å²) >= 11 is 3.35. The van der Waals surface area contributed by atoms with Gasteiger partial charge in [0.2, 0.25) is 5.13 Å². The molecule has 2 fully saturated rings. The molecule has 3 nitrogen and oxygen atoms in total. The summed E-state index contributed by atoms with van der Waals surface area (Å²) in [6.07, 6.45) is 3.76. The molecule has 2 aliphatic carbocycles. The van der Waals surface area contributed by atoms with E-state index >= 15 is 0 Å². The molecule has 2 atom stereocenters. The van der Waals surface area contributed by atoms with Gasteiger partial charge in [-0.25, -0.2) is 4.98 Å². The van der Waals surface area contributed by atoms with E-state index in [1.165, 1.54) is 23.4 Å². The minimum atomic E-state index is 0.249. The second kappa shape index (κ2) is 4.90. The highest BCUT2D eigenvalue weighted by Crippen LogP contribution is 2.63. The molecule has 5 heteroatoms. The van der Waals surface area contributed by atoms with Gasteiger partial charge in [-0.15, -0.1) is 22.7 Å². The van der Waals surface area contributed by atoms with E-state index in [1.807, 2.05) is 0 Å². The Morgan fingerprint density at radius 2 is 2.18 bits per heavy atom. The van der Waals surface area contributed by atoms with Gasteiger partial charge in [-0.05, 0) is 42.0 Å². The van der Waals surface area contributed by atoms with Crippen LogP contribution in [0.3, 0.4) is 0 Å². The van der Waals surface area contributed by atoms with Gasteiger partial charge in [-0.2, -0.15) is 5.10 Å². The van der Waals surface area contributed by atoms with Crippen LogP contribution in [0.5, 0.6) is 0 Å². The van der Waals surface area contributed by atoms with Crippen LogP contribution in [0.25, 0.3) is 10.6 Å². The summed E-state index contributed by atoms with van der Waals surface area (Å²) in [7, 11) is 0. The number of thiazole rings is 1. The van der Waals surface area contributed by atoms with Crippen molar-refractivity contribution in [3.63, 3.8) is 0 Å². The number of fused-ring (bicyclic) bond motifs is 2. The van der Waals surface area contributed by atoms with Crippen molar-refractivity contribution in [2.75, 3.05) is 5.43 Å². The number of thiophene rings is 1. The zero-order chi connectivity index (χ0) is 15.4. The summed E-state index contributed by atoms with van der Waals surface area (Å²) in [5.74, 6) is 0.788. The molecule has 0 saturated heterocycles. The Morgan fingerprint density at radius 3 is 2.82 bits per heavy atom. The molecule has 4 rings (SSSR count). The van der Waals surface area contributed by atoms with Gasteiger partial charge >= 0.3 is 0 Å². The summed E-state index contributed by atoms with van der Waals surface area (Å²) in [5.41, 5.74) is 6.22. The first-order chi connectivity index (χ1) is 10.5. The molecule has 2 bridgehead atoms. The first-order valence-corrected chi connectivity index (χ1v) is 9.59. The van der Waals surface area contributed by atoms with Crippen LogP contribution in [0, 0.1) is 16.7 Å². The summed E-state index contributed by atoms with van der Waals surface area (Å²) in [4.78, 5) is 5.86. The molecule has 0 unspecified atom stereocenters. The largest absolute Gasteiger partial charge is 0.253 e. The Kier molecular flexibility index (Phi) is 3.20. The fraction of sp³-hybridized carbons (Fsp3) is 0.529. The van der Waals surface area contributed by atoms with E-state index in [0.717, 1.165) is 23.2 Å². The van der Waals surface area contributed by atoms with Crippen molar-refractivity contribution in [2.45, 2.75) is 40.0 Å². The van der Waals surface area contributed by atoms with Crippen molar-refractivity contribution in [1.29, 1.82) is 0 Å². The van der Waals surface area contributed by atoms with Crippen molar-refractivity contribution < 1.29 is 0 Å². The predicted octanol–water partition coefficient (Wildman–Crippen LogP) is 5.49. The van der Waals surface area contributed by atoms with Gasteiger partial charge < -0.3 is 0 Å². The van der Waals surface area contributed by atoms with Crippen LogP contribution < -0.4 is 5.43 Å². The van der Waals surface area contributed by atoms with Gasteiger partial charge in [-0.1, -0.05) is 26.8 Å². The molecular weight excluding hydrogens is 310 g/mol. The Hall–Kier alpha value is -1.20. The fourth-order valence-corrected chi connectivity index (χ4v) is 5.49. The van der Waals surface area contributed by atoms with Crippen molar-refractivity contribution in [2.24, 2.45) is 21.8 Å². The molecule has 0 aromatic carbocycles. The SMILES string of the molecule is CC1(C)[C@@H]2CC[C@@]1(C)/C(=N\Nc1nc(-c3cccs3)cs1)C2. The second-order valence-electron chi connectivity index (χ2n) is 7.18. The van der Waals surface area contributed by atoms with Crippen LogP contribution in [0.1, 0.15) is 40.0 Å². The maximum Gasteiger partial charge on any atom is 0.203 e. The lowest BCUT2D eigenvalue weighted by atomic mass is 9.70. The molecule has 0 spiro atoms. The maximum atomic E-state index is 4.76. The molecule has 0 aliphatic heterocycles. The van der Waals surface area contributed by atoms with Crippen molar-refractivity contribution in [3.8, 4) is 10.6 Å². The number of anilines is 1. The van der Waals surface area contributed by atoms with Gasteiger partial charge in [0.1, 0.15) is 0 Å². The zero-order valence-electron chi connectivity index (χ0n) is 13.2. The number of aromatic nitrogens is 1. The average molecular weight is 332 g/mol. The van der Waals surface area contributed by atoms with Gasteiger partial charge in [0.15, 0.2) is 0 Å². The zero-order valence-corrected chi connectivity index (χ0v) is 14.9. The molecule has 2 saturated carbocycles. The smallest absolute Gasteiger partial charge is 0.203 e. The molecule has 1 N–H and O–H groups in total. The van der Waals surface area contributed by atoms with E-state index in [0.29, 0.717) is 5.41 Å². The Balaban J connectivity index is 1.54. The maximum absolute atomic E-state index is 4.76. The normalized spacial score (nSPS) is 31.0. The van der Waals surface area contributed by atoms with Crippen LogP contribution in [-0.4, -0.2) is 10.7 Å². The molecule has 0 radical (unpaired) electrons. The summed E-state index contributed by atoms with van der Waals surface area (Å²) in [6.45, 7) is 7.20. The molecule has 2 aromatic heterocycles. The Bertz CT molecular complexity index is 714. The third-order valence-electron chi connectivity index (χ3n) is 6.08. The number of hydrogen-bond donors (Lipinski definition) is 1. The first kappa shape index (κ1) is 14.4. The molecule has 2 aliphatic rings. The van der Waals surface area contributed by atoms with Crippen molar-refractivity contribution in [1.82, 2.24) is 4.98 Å². The van der Waals surface area contributed by atoms with E-state index in [9.17, 15) is 0 Å². The lowest BCUT2D eigenvalue weighted by Crippen LogP contribution is -2.32. The number of nitrogens with zero attached hydrogens (tertiary/aromatic N) is 2. The highest BCUT2D eigenvalue weighted by molar-refractivity contribution is 7.15. The fourth-order valence-electron chi connectivity index (χ4n) is 4.08. The molecule has 22 heavy (non-hydrogen) atoms. The number of hydrogen-bond acceptors (Lipinski definition) is 5. The van der Waals surface area contributed by atoms with E-state index in [-0.39, 0.29) is 5.41 Å². The van der Waals surface area contributed by atoms with Gasteiger partial charge in [0.25, 0.3) is 0 Å². The quantitative estimate of drug-likeness (QED) is 0.756. The summed E-state index contributed by atoms with van der Waals surface area (Å²) in [5, 5.41) is 9.83. The predicted molar refractivity (Wildman–Crippen MR) is 95.7 cm³/mol. The monoisotopic (exact) mass is 331 g/mol. The first-order valence-electron chi connectivity index (χ1n) is 7.83. The number of nitrogens with one attached hydrogen (secondary N) is 1. The van der Waals surface area contributed by atoms with Crippen molar-refractivity contribution in [3.05, 3.63) is 22.9 Å². The Labute approximate surface area is 139 Å². The molecule has 0 amide bonds. The third kappa shape index (κ3) is 1.98. The number of rotatable bonds is 3. The minimum absolute atomic E-state index is 0.249. The summed E-state index contributed by atoms with van der Waals surface area (Å²) in [6, 6.07) is 4.17. The topological polar surface area (TPSA) is 37.3 Å². The van der Waals surface area contributed by atoms with Crippen LogP contribution in [0.2, 0.25) is 0 Å². The molecular formula is C17H21N3S2. The lowest BCUT2D eigenvalue weighted by Gasteiger charge is -2.34. The molecule has 116 valence electrons. The highest BCUT2D eigenvalue weighted by Gasteiger charge is 2.59. The minimum Gasteiger partial charge on any atom is -0.253 e. The van der Waals surface area contributed by atoms with Gasteiger partial charge in [0.05, 0.1) is 10.6 Å². The molecule has 2 heterocycles. The van der Waals surface area contributed by atoms with E-state index in [1.54, 1.807) is 22.7 Å². The second-order valence-corrected chi connectivity index (χ2v) is 8.98. The number of hydrazone groups is 1. The van der Waals surface area contributed by atoms with Crippen LogP contribution >= 0.6 is 22.7 Å². The highest BCUT2D eigenvalue weighted by atomic mass is 32.1. The Morgan fingerprint density at radius 1 is 1.32 bits per heavy atom. The van der Waals surface area contributed by atoms with E-state index in [4.69, 9.17) is 5.10 Å².